The van der Waals surface area contributed by atoms with Gasteiger partial charge in [-0.15, -0.1) is 0 Å². The van der Waals surface area contributed by atoms with E-state index in [-0.39, 0.29) is 11.7 Å². The van der Waals surface area contributed by atoms with Crippen molar-refractivity contribution in [3.8, 4) is 0 Å². The molecular formula is C10H15N3O3S. The van der Waals surface area contributed by atoms with Gasteiger partial charge in [-0.25, -0.2) is 4.98 Å². The molecule has 0 aliphatic heterocycles. The highest BCUT2D eigenvalue weighted by Crippen LogP contribution is 2.16. The minimum atomic E-state index is -0.863. The van der Waals surface area contributed by atoms with E-state index >= 15 is 0 Å². The number of carboxylic acids is 1. The van der Waals surface area contributed by atoms with E-state index in [1.165, 1.54) is 11.8 Å². The molecule has 0 atom stereocenters. The molecule has 0 aliphatic carbocycles. The Morgan fingerprint density at radius 2 is 2.24 bits per heavy atom. The Hall–Kier alpha value is -1.50. The van der Waals surface area contributed by atoms with Crippen LogP contribution in [0.5, 0.6) is 0 Å². The molecule has 1 heterocycles. The molecular weight excluding hydrogens is 242 g/mol. The van der Waals surface area contributed by atoms with Crippen molar-refractivity contribution < 1.29 is 14.7 Å². The van der Waals surface area contributed by atoms with E-state index in [2.05, 4.69) is 4.98 Å². The zero-order chi connectivity index (χ0) is 12.7. The Bertz CT molecular complexity index is 392. The van der Waals surface area contributed by atoms with Crippen LogP contribution in [0.15, 0.2) is 17.6 Å². The standard InChI is InChI=1S/C10H15N3O3S/c11-8(14)3-1-2-5-13-6-4-12-10(13)17-7-9(15)16/h4,6H,1-3,5,7H2,(H2,11,14)(H,15,16). The second-order valence-electron chi connectivity index (χ2n) is 3.51. The van der Waals surface area contributed by atoms with Crippen molar-refractivity contribution in [2.24, 2.45) is 5.73 Å². The third-order valence-electron chi connectivity index (χ3n) is 2.07. The summed E-state index contributed by atoms with van der Waals surface area (Å²) in [5.74, 6) is -1.16. The second-order valence-corrected chi connectivity index (χ2v) is 4.45. The molecule has 0 aromatic carbocycles. The fourth-order valence-corrected chi connectivity index (χ4v) is 2.02. The lowest BCUT2D eigenvalue weighted by molar-refractivity contribution is -0.133. The van der Waals surface area contributed by atoms with Gasteiger partial charge in [-0.2, -0.15) is 0 Å². The quantitative estimate of drug-likeness (QED) is 0.528. The molecule has 0 saturated heterocycles. The summed E-state index contributed by atoms with van der Waals surface area (Å²) in [6.45, 7) is 0.717. The molecule has 17 heavy (non-hydrogen) atoms. The zero-order valence-electron chi connectivity index (χ0n) is 9.33. The molecule has 0 radical (unpaired) electrons. The number of primary amides is 1. The molecule has 94 valence electrons. The van der Waals surface area contributed by atoms with E-state index in [0.717, 1.165) is 19.4 Å². The Morgan fingerprint density at radius 3 is 2.88 bits per heavy atom. The summed E-state index contributed by atoms with van der Waals surface area (Å²) in [6.07, 6.45) is 5.37. The van der Waals surface area contributed by atoms with Gasteiger partial charge in [0.05, 0.1) is 5.75 Å². The van der Waals surface area contributed by atoms with E-state index in [1.807, 2.05) is 4.57 Å². The highest BCUT2D eigenvalue weighted by atomic mass is 32.2. The molecule has 1 aromatic rings. The molecule has 1 rings (SSSR count). The molecule has 1 aromatic heterocycles. The van der Waals surface area contributed by atoms with Gasteiger partial charge in [0, 0.05) is 25.4 Å². The molecule has 0 spiro atoms. The molecule has 1 amide bonds. The van der Waals surface area contributed by atoms with E-state index < -0.39 is 5.97 Å². The number of nitrogens with zero attached hydrogens (tertiary/aromatic N) is 2. The molecule has 0 fully saturated rings. The van der Waals surface area contributed by atoms with Gasteiger partial charge in [-0.05, 0) is 12.8 Å². The summed E-state index contributed by atoms with van der Waals surface area (Å²) in [6, 6.07) is 0. The number of nitrogens with two attached hydrogens (primary N) is 1. The summed E-state index contributed by atoms with van der Waals surface area (Å²) in [4.78, 5) is 25.0. The molecule has 0 bridgehead atoms. The number of thioether (sulfide) groups is 1. The van der Waals surface area contributed by atoms with Crippen LogP contribution in [0.1, 0.15) is 19.3 Å². The number of imidazole rings is 1. The van der Waals surface area contributed by atoms with Gasteiger partial charge in [0.1, 0.15) is 0 Å². The smallest absolute Gasteiger partial charge is 0.313 e. The van der Waals surface area contributed by atoms with Gasteiger partial charge in [0.15, 0.2) is 5.16 Å². The van der Waals surface area contributed by atoms with Crippen molar-refractivity contribution in [1.82, 2.24) is 9.55 Å². The minimum Gasteiger partial charge on any atom is -0.481 e. The largest absolute Gasteiger partial charge is 0.481 e. The summed E-state index contributed by atoms with van der Waals surface area (Å²) >= 11 is 1.19. The SMILES string of the molecule is NC(=O)CCCCn1ccnc1SCC(=O)O. The Morgan fingerprint density at radius 1 is 1.47 bits per heavy atom. The van der Waals surface area contributed by atoms with Crippen LogP contribution in [0.4, 0.5) is 0 Å². The Kier molecular flexibility index (Phi) is 5.55. The van der Waals surface area contributed by atoms with Crippen LogP contribution < -0.4 is 5.73 Å². The molecule has 7 heteroatoms. The summed E-state index contributed by atoms with van der Waals surface area (Å²) in [5, 5.41) is 9.26. The topological polar surface area (TPSA) is 98.2 Å². The number of hydrogen-bond donors (Lipinski definition) is 2. The van der Waals surface area contributed by atoms with Crippen LogP contribution in [-0.2, 0) is 16.1 Å². The number of unbranched alkanes of at least 4 members (excludes halogenated alkanes) is 1. The number of rotatable bonds is 8. The third kappa shape index (κ3) is 5.39. The van der Waals surface area contributed by atoms with E-state index in [4.69, 9.17) is 10.8 Å². The fraction of sp³-hybridized carbons (Fsp3) is 0.500. The summed E-state index contributed by atoms with van der Waals surface area (Å²) in [7, 11) is 0. The number of amides is 1. The first-order chi connectivity index (χ1) is 8.09. The lowest BCUT2D eigenvalue weighted by atomic mass is 10.2. The fourth-order valence-electron chi connectivity index (χ4n) is 1.31. The van der Waals surface area contributed by atoms with Gasteiger partial charge in [0.2, 0.25) is 5.91 Å². The predicted octanol–water partition coefficient (Wildman–Crippen LogP) is 0.715. The minimum absolute atomic E-state index is 0.00169. The van der Waals surface area contributed by atoms with E-state index in [1.54, 1.807) is 12.4 Å². The van der Waals surface area contributed by atoms with Crippen molar-refractivity contribution >= 4 is 23.6 Å². The number of aryl methyl sites for hydroxylation is 1. The van der Waals surface area contributed by atoms with E-state index in [0.29, 0.717) is 11.6 Å². The van der Waals surface area contributed by atoms with Crippen molar-refractivity contribution in [3.63, 3.8) is 0 Å². The van der Waals surface area contributed by atoms with Gasteiger partial charge in [-0.3, -0.25) is 9.59 Å². The lowest BCUT2D eigenvalue weighted by Gasteiger charge is -2.05. The summed E-state index contributed by atoms with van der Waals surface area (Å²) < 4.78 is 1.88. The van der Waals surface area contributed by atoms with Crippen molar-refractivity contribution in [2.75, 3.05) is 5.75 Å². The average molecular weight is 257 g/mol. The summed E-state index contributed by atoms with van der Waals surface area (Å²) in [5.41, 5.74) is 5.04. The number of aromatic nitrogens is 2. The van der Waals surface area contributed by atoms with Crippen LogP contribution in [0.3, 0.4) is 0 Å². The number of carboxylic acid groups (broad SMARTS) is 1. The number of aliphatic carboxylic acids is 1. The van der Waals surface area contributed by atoms with Gasteiger partial charge < -0.3 is 15.4 Å². The lowest BCUT2D eigenvalue weighted by Crippen LogP contribution is -2.10. The Labute approximate surface area is 103 Å². The number of hydrogen-bond acceptors (Lipinski definition) is 4. The molecule has 6 nitrogen and oxygen atoms in total. The normalized spacial score (nSPS) is 10.4. The third-order valence-corrected chi connectivity index (χ3v) is 3.06. The first-order valence-electron chi connectivity index (χ1n) is 5.23. The van der Waals surface area contributed by atoms with Crippen LogP contribution >= 0.6 is 11.8 Å². The second kappa shape index (κ2) is 6.95. The highest BCUT2D eigenvalue weighted by molar-refractivity contribution is 7.99. The van der Waals surface area contributed by atoms with Crippen LogP contribution in [0.25, 0.3) is 0 Å². The molecule has 3 N–H and O–H groups in total. The predicted molar refractivity (Wildman–Crippen MR) is 63.6 cm³/mol. The van der Waals surface area contributed by atoms with Crippen molar-refractivity contribution in [3.05, 3.63) is 12.4 Å². The maximum atomic E-state index is 10.5. The monoisotopic (exact) mass is 257 g/mol. The number of carbonyl (C=O) groups excluding carboxylic acids is 1. The maximum Gasteiger partial charge on any atom is 0.313 e. The van der Waals surface area contributed by atoms with Crippen LogP contribution in [-0.4, -0.2) is 32.3 Å². The van der Waals surface area contributed by atoms with Crippen LogP contribution in [0, 0.1) is 0 Å². The van der Waals surface area contributed by atoms with Crippen molar-refractivity contribution in [1.29, 1.82) is 0 Å². The maximum absolute atomic E-state index is 10.5. The van der Waals surface area contributed by atoms with E-state index in [9.17, 15) is 9.59 Å². The first-order valence-corrected chi connectivity index (χ1v) is 6.22. The molecule has 0 unspecified atom stereocenters. The molecule has 0 saturated carbocycles. The first kappa shape index (κ1) is 13.6. The highest BCUT2D eigenvalue weighted by Gasteiger charge is 2.06. The van der Waals surface area contributed by atoms with Gasteiger partial charge >= 0.3 is 5.97 Å². The van der Waals surface area contributed by atoms with Gasteiger partial charge in [-0.1, -0.05) is 11.8 Å². The Balaban J connectivity index is 2.35. The zero-order valence-corrected chi connectivity index (χ0v) is 10.2. The molecule has 0 aliphatic rings. The van der Waals surface area contributed by atoms with Crippen molar-refractivity contribution in [2.45, 2.75) is 31.0 Å². The average Bonchev–Trinajstić information content (AvgIpc) is 2.68. The van der Waals surface area contributed by atoms with Crippen LogP contribution in [0.2, 0.25) is 0 Å². The number of carbonyl (C=O) groups is 2. The van der Waals surface area contributed by atoms with Gasteiger partial charge in [0.25, 0.3) is 0 Å².